The molecule has 0 aliphatic heterocycles. The molecule has 0 unspecified atom stereocenters. The largest absolute Gasteiger partial charge is 0.351 e. The average molecular weight is 418 g/mol. The first-order valence-electron chi connectivity index (χ1n) is 11.7. The lowest BCUT2D eigenvalue weighted by Crippen LogP contribution is -2.53. The smallest absolute Gasteiger partial charge is 0.251 e. The van der Waals surface area contributed by atoms with E-state index in [1.165, 1.54) is 36.0 Å². The van der Waals surface area contributed by atoms with Gasteiger partial charge in [-0.25, -0.2) is 0 Å². The fraction of sp³-hybridized carbons (Fsp3) is 0.500. The molecule has 2 aromatic rings. The molecule has 0 saturated heterocycles. The number of rotatable bonds is 5. The summed E-state index contributed by atoms with van der Waals surface area (Å²) >= 11 is 0. The van der Waals surface area contributed by atoms with Gasteiger partial charge < -0.3 is 5.32 Å². The van der Waals surface area contributed by atoms with Crippen LogP contribution >= 0.6 is 0 Å². The Labute approximate surface area is 186 Å². The van der Waals surface area contributed by atoms with Crippen molar-refractivity contribution in [1.29, 1.82) is 0 Å². The topological polar surface area (TPSA) is 46.2 Å². The molecule has 4 rings (SSSR count). The zero-order valence-corrected chi connectivity index (χ0v) is 19.3. The van der Waals surface area contributed by atoms with Crippen LogP contribution in [0.1, 0.15) is 96.7 Å². The molecule has 31 heavy (non-hydrogen) atoms. The van der Waals surface area contributed by atoms with E-state index in [1.54, 1.807) is 24.3 Å². The van der Waals surface area contributed by atoms with Gasteiger partial charge in [-0.05, 0) is 77.2 Å². The van der Waals surface area contributed by atoms with Crippen LogP contribution in [0.5, 0.6) is 0 Å². The molecule has 1 amide bonds. The van der Waals surface area contributed by atoms with Crippen molar-refractivity contribution in [3.05, 3.63) is 70.3 Å². The highest BCUT2D eigenvalue weighted by molar-refractivity contribution is 5.94. The molecule has 3 atom stereocenters. The minimum atomic E-state index is -0.0521. The van der Waals surface area contributed by atoms with Crippen LogP contribution in [0, 0.1) is 11.3 Å². The zero-order chi connectivity index (χ0) is 22.2. The van der Waals surface area contributed by atoms with Crippen LogP contribution in [0.15, 0.2) is 42.5 Å². The first-order chi connectivity index (χ1) is 14.8. The molecule has 164 valence electrons. The SMILES string of the molecule is CC(C)c1ccc2c(c1)CC[C@H]1[C@](C)(CNC(=O)c3ccc(C=O)cc3)CCC[C@]21C. The minimum absolute atomic E-state index is 0.0521. The van der Waals surface area contributed by atoms with E-state index in [2.05, 4.69) is 51.2 Å². The number of hydrogen-bond acceptors (Lipinski definition) is 2. The first kappa shape index (κ1) is 21.8. The van der Waals surface area contributed by atoms with Crippen LogP contribution in [-0.4, -0.2) is 18.7 Å². The summed E-state index contributed by atoms with van der Waals surface area (Å²) < 4.78 is 0. The Balaban J connectivity index is 1.54. The fourth-order valence-corrected chi connectivity index (χ4v) is 6.31. The number of aryl methyl sites for hydroxylation is 1. The normalized spacial score (nSPS) is 27.3. The van der Waals surface area contributed by atoms with Gasteiger partial charge in [-0.15, -0.1) is 0 Å². The Morgan fingerprint density at radius 1 is 1.13 bits per heavy atom. The molecule has 2 aliphatic carbocycles. The Morgan fingerprint density at radius 2 is 1.87 bits per heavy atom. The number of carbonyl (C=O) groups excluding carboxylic acids is 2. The van der Waals surface area contributed by atoms with Crippen molar-refractivity contribution in [2.24, 2.45) is 11.3 Å². The van der Waals surface area contributed by atoms with Gasteiger partial charge in [0.25, 0.3) is 5.91 Å². The molecule has 1 fully saturated rings. The van der Waals surface area contributed by atoms with Crippen molar-refractivity contribution in [2.75, 3.05) is 6.54 Å². The zero-order valence-electron chi connectivity index (χ0n) is 19.3. The van der Waals surface area contributed by atoms with Crippen molar-refractivity contribution < 1.29 is 9.59 Å². The average Bonchev–Trinajstić information content (AvgIpc) is 2.77. The van der Waals surface area contributed by atoms with E-state index in [-0.39, 0.29) is 16.7 Å². The van der Waals surface area contributed by atoms with Gasteiger partial charge in [0, 0.05) is 17.7 Å². The summed E-state index contributed by atoms with van der Waals surface area (Å²) in [5.74, 6) is 1.07. The molecule has 1 N–H and O–H groups in total. The number of nitrogens with one attached hydrogen (secondary N) is 1. The van der Waals surface area contributed by atoms with Gasteiger partial charge in [0.1, 0.15) is 6.29 Å². The summed E-state index contributed by atoms with van der Waals surface area (Å²) in [6.07, 6.45) is 6.69. The van der Waals surface area contributed by atoms with E-state index in [1.807, 2.05) is 0 Å². The fourth-order valence-electron chi connectivity index (χ4n) is 6.31. The lowest BCUT2D eigenvalue weighted by Gasteiger charge is -2.55. The number of amides is 1. The number of carbonyl (C=O) groups is 2. The van der Waals surface area contributed by atoms with Crippen LogP contribution in [-0.2, 0) is 11.8 Å². The number of aldehydes is 1. The third-order valence-electron chi connectivity index (χ3n) is 8.13. The Bertz CT molecular complexity index is 977. The van der Waals surface area contributed by atoms with E-state index in [4.69, 9.17) is 0 Å². The second-order valence-electron chi connectivity index (χ2n) is 10.5. The molecule has 0 spiro atoms. The van der Waals surface area contributed by atoms with Crippen LogP contribution in [0.4, 0.5) is 0 Å². The van der Waals surface area contributed by atoms with Crippen molar-refractivity contribution in [2.45, 2.75) is 71.1 Å². The molecule has 0 aromatic heterocycles. The Kier molecular flexibility index (Phi) is 5.81. The molecular formula is C28H35NO2. The highest BCUT2D eigenvalue weighted by Gasteiger charge is 2.51. The van der Waals surface area contributed by atoms with Crippen molar-refractivity contribution in [3.63, 3.8) is 0 Å². The highest BCUT2D eigenvalue weighted by atomic mass is 16.1. The van der Waals surface area contributed by atoms with Gasteiger partial charge in [-0.2, -0.15) is 0 Å². The van der Waals surface area contributed by atoms with E-state index >= 15 is 0 Å². The summed E-state index contributed by atoms with van der Waals surface area (Å²) in [6, 6.07) is 14.0. The monoisotopic (exact) mass is 417 g/mol. The van der Waals surface area contributed by atoms with Gasteiger partial charge in [-0.3, -0.25) is 9.59 Å². The second-order valence-corrected chi connectivity index (χ2v) is 10.5. The third-order valence-corrected chi connectivity index (χ3v) is 8.13. The molecule has 1 saturated carbocycles. The predicted octanol–water partition coefficient (Wildman–Crippen LogP) is 6.06. The quantitative estimate of drug-likeness (QED) is 0.601. The lowest BCUT2D eigenvalue weighted by atomic mass is 9.49. The van der Waals surface area contributed by atoms with Gasteiger partial charge in [0.05, 0.1) is 0 Å². The highest BCUT2D eigenvalue weighted by Crippen LogP contribution is 2.57. The molecule has 0 heterocycles. The second kappa shape index (κ2) is 8.26. The van der Waals surface area contributed by atoms with Crippen molar-refractivity contribution in [1.82, 2.24) is 5.32 Å². The van der Waals surface area contributed by atoms with Crippen molar-refractivity contribution in [3.8, 4) is 0 Å². The van der Waals surface area contributed by atoms with Crippen LogP contribution < -0.4 is 5.32 Å². The van der Waals surface area contributed by atoms with Gasteiger partial charge in [-0.1, -0.05) is 64.4 Å². The maximum atomic E-state index is 12.8. The molecular weight excluding hydrogens is 382 g/mol. The van der Waals surface area contributed by atoms with Crippen molar-refractivity contribution >= 4 is 12.2 Å². The number of hydrogen-bond donors (Lipinski definition) is 1. The molecule has 0 radical (unpaired) electrons. The van der Waals surface area contributed by atoms with E-state index in [0.29, 0.717) is 29.5 Å². The van der Waals surface area contributed by atoms with E-state index < -0.39 is 0 Å². The first-order valence-corrected chi connectivity index (χ1v) is 11.7. The summed E-state index contributed by atoms with van der Waals surface area (Å²) in [4.78, 5) is 23.6. The third kappa shape index (κ3) is 3.95. The number of benzene rings is 2. The van der Waals surface area contributed by atoms with Gasteiger partial charge in [0.15, 0.2) is 0 Å². The molecule has 0 bridgehead atoms. The maximum absolute atomic E-state index is 12.8. The van der Waals surface area contributed by atoms with Crippen LogP contribution in [0.2, 0.25) is 0 Å². The molecule has 2 aliphatic rings. The van der Waals surface area contributed by atoms with E-state index in [0.717, 1.165) is 19.1 Å². The standard InChI is InChI=1S/C28H35NO2/c1-19(2)22-10-12-24-23(16-22)11-13-25-27(3,14-5-15-28(24,25)4)18-29-26(31)21-8-6-20(17-30)7-9-21/h6-10,12,16-17,19,25H,5,11,13-15,18H2,1-4H3,(H,29,31)/t25-,27-,28+/m0/s1. The Hall–Kier alpha value is -2.42. The predicted molar refractivity (Wildman–Crippen MR) is 126 cm³/mol. The Morgan fingerprint density at radius 3 is 2.55 bits per heavy atom. The van der Waals surface area contributed by atoms with E-state index in [9.17, 15) is 9.59 Å². The van der Waals surface area contributed by atoms with Gasteiger partial charge in [0.2, 0.25) is 0 Å². The summed E-state index contributed by atoms with van der Waals surface area (Å²) in [5.41, 5.74) is 5.97. The van der Waals surface area contributed by atoms with Crippen LogP contribution in [0.3, 0.4) is 0 Å². The maximum Gasteiger partial charge on any atom is 0.251 e. The molecule has 3 nitrogen and oxygen atoms in total. The molecule has 3 heteroatoms. The van der Waals surface area contributed by atoms with Crippen LogP contribution in [0.25, 0.3) is 0 Å². The summed E-state index contributed by atoms with van der Waals surface area (Å²) in [7, 11) is 0. The summed E-state index contributed by atoms with van der Waals surface area (Å²) in [5, 5.41) is 3.22. The number of fused-ring (bicyclic) bond motifs is 3. The molecule has 2 aromatic carbocycles. The van der Waals surface area contributed by atoms with Gasteiger partial charge >= 0.3 is 0 Å². The summed E-state index contributed by atoms with van der Waals surface area (Å²) in [6.45, 7) is 10.1. The minimum Gasteiger partial charge on any atom is -0.351 e. The lowest BCUT2D eigenvalue weighted by molar-refractivity contribution is 0.0254.